The summed E-state index contributed by atoms with van der Waals surface area (Å²) in [5, 5.41) is 11.4. The van der Waals surface area contributed by atoms with Gasteiger partial charge >= 0.3 is 5.97 Å². The van der Waals surface area contributed by atoms with Crippen molar-refractivity contribution < 1.29 is 9.90 Å². The van der Waals surface area contributed by atoms with E-state index in [9.17, 15) is 9.90 Å². The Morgan fingerprint density at radius 3 is 2.18 bits per heavy atom. The lowest BCUT2D eigenvalue weighted by atomic mass is 10.1. The van der Waals surface area contributed by atoms with E-state index >= 15 is 0 Å². The van der Waals surface area contributed by atoms with E-state index in [1.165, 1.54) is 5.56 Å². The highest BCUT2D eigenvalue weighted by Crippen LogP contribution is 2.33. The van der Waals surface area contributed by atoms with Crippen molar-refractivity contribution in [2.24, 2.45) is 0 Å². The fourth-order valence-electron chi connectivity index (χ4n) is 3.84. The van der Waals surface area contributed by atoms with E-state index in [-0.39, 0.29) is 0 Å². The lowest BCUT2D eigenvalue weighted by Crippen LogP contribution is -1.97. The van der Waals surface area contributed by atoms with E-state index in [0.717, 1.165) is 33.1 Å². The number of aromatic nitrogens is 1. The van der Waals surface area contributed by atoms with Gasteiger partial charge in [-0.25, -0.2) is 4.79 Å². The van der Waals surface area contributed by atoms with Crippen LogP contribution in [-0.4, -0.2) is 15.6 Å². The van der Waals surface area contributed by atoms with Crippen LogP contribution in [-0.2, 0) is 0 Å². The van der Waals surface area contributed by atoms with E-state index in [1.54, 1.807) is 12.1 Å². The molecule has 0 spiro atoms. The van der Waals surface area contributed by atoms with E-state index < -0.39 is 5.97 Å². The van der Waals surface area contributed by atoms with Crippen LogP contribution in [0.1, 0.15) is 10.4 Å². The zero-order valence-corrected chi connectivity index (χ0v) is 15.0. The number of hydrogen-bond donors (Lipinski definition) is 1. The molecule has 134 valence electrons. The summed E-state index contributed by atoms with van der Waals surface area (Å²) >= 11 is 0. The highest BCUT2D eigenvalue weighted by molar-refractivity contribution is 6.11. The molecule has 0 aliphatic carbocycles. The first-order valence-electron chi connectivity index (χ1n) is 9.15. The van der Waals surface area contributed by atoms with Crippen molar-refractivity contribution in [1.82, 2.24) is 4.57 Å². The molecule has 1 heterocycles. The molecule has 0 aliphatic rings. The maximum Gasteiger partial charge on any atom is 0.335 e. The van der Waals surface area contributed by atoms with E-state index in [2.05, 4.69) is 47.0 Å². The van der Waals surface area contributed by atoms with Gasteiger partial charge in [0.15, 0.2) is 0 Å². The smallest absolute Gasteiger partial charge is 0.335 e. The molecule has 0 bridgehead atoms. The largest absolute Gasteiger partial charge is 0.478 e. The molecular formula is C25H17NO2. The second kappa shape index (κ2) is 6.39. The van der Waals surface area contributed by atoms with Gasteiger partial charge in [0.05, 0.1) is 16.6 Å². The minimum absolute atomic E-state index is 0.299. The van der Waals surface area contributed by atoms with Crippen LogP contribution in [0.25, 0.3) is 38.6 Å². The van der Waals surface area contributed by atoms with E-state index in [1.807, 2.05) is 42.5 Å². The zero-order valence-electron chi connectivity index (χ0n) is 15.0. The van der Waals surface area contributed by atoms with Crippen molar-refractivity contribution in [2.75, 3.05) is 0 Å². The molecule has 5 rings (SSSR count). The predicted octanol–water partition coefficient (Wildman–Crippen LogP) is 6.15. The van der Waals surface area contributed by atoms with E-state index in [4.69, 9.17) is 0 Å². The number of carbonyl (C=O) groups is 1. The minimum Gasteiger partial charge on any atom is -0.478 e. The van der Waals surface area contributed by atoms with Crippen molar-refractivity contribution in [1.29, 1.82) is 0 Å². The fraction of sp³-hybridized carbons (Fsp3) is 0. The monoisotopic (exact) mass is 363 g/mol. The van der Waals surface area contributed by atoms with Gasteiger partial charge in [0, 0.05) is 16.5 Å². The highest BCUT2D eigenvalue weighted by atomic mass is 16.4. The Hall–Kier alpha value is -3.85. The first-order chi connectivity index (χ1) is 13.7. The Bertz CT molecular complexity index is 1330. The molecule has 0 unspecified atom stereocenters. The van der Waals surface area contributed by atoms with Crippen LogP contribution in [0.5, 0.6) is 0 Å². The molecule has 0 saturated carbocycles. The maximum absolute atomic E-state index is 11.5. The predicted molar refractivity (Wildman–Crippen MR) is 113 cm³/mol. The summed E-state index contributed by atoms with van der Waals surface area (Å²) < 4.78 is 2.20. The summed E-state index contributed by atoms with van der Waals surface area (Å²) in [6.45, 7) is 0. The van der Waals surface area contributed by atoms with Gasteiger partial charge in [-0.05, 0) is 47.5 Å². The normalized spacial score (nSPS) is 11.1. The summed E-state index contributed by atoms with van der Waals surface area (Å²) in [6, 6.07) is 32.2. The average molecular weight is 363 g/mol. The Labute approximate surface area is 162 Å². The summed E-state index contributed by atoms with van der Waals surface area (Å²) in [4.78, 5) is 11.5. The summed E-state index contributed by atoms with van der Waals surface area (Å²) in [6.07, 6.45) is 0. The van der Waals surface area contributed by atoms with Crippen molar-refractivity contribution in [2.45, 2.75) is 0 Å². The second-order valence-corrected chi connectivity index (χ2v) is 6.81. The van der Waals surface area contributed by atoms with Gasteiger partial charge < -0.3 is 9.67 Å². The van der Waals surface area contributed by atoms with Gasteiger partial charge in [-0.2, -0.15) is 0 Å². The number of carboxylic acids is 1. The molecule has 1 N–H and O–H groups in total. The van der Waals surface area contributed by atoms with Crippen molar-refractivity contribution in [3.05, 3.63) is 103 Å². The molecule has 0 fully saturated rings. The van der Waals surface area contributed by atoms with Crippen LogP contribution < -0.4 is 0 Å². The van der Waals surface area contributed by atoms with Crippen LogP contribution in [0.15, 0.2) is 97.1 Å². The van der Waals surface area contributed by atoms with Gasteiger partial charge in [0.2, 0.25) is 0 Å². The molecule has 5 aromatic rings. The molecule has 3 nitrogen and oxygen atoms in total. The van der Waals surface area contributed by atoms with Crippen molar-refractivity contribution in [3.8, 4) is 16.8 Å². The van der Waals surface area contributed by atoms with Crippen LogP contribution in [0.2, 0.25) is 0 Å². The Morgan fingerprint density at radius 2 is 1.36 bits per heavy atom. The van der Waals surface area contributed by atoms with Crippen LogP contribution >= 0.6 is 0 Å². The number of aromatic carboxylic acids is 1. The third-order valence-electron chi connectivity index (χ3n) is 5.13. The third-order valence-corrected chi connectivity index (χ3v) is 5.13. The molecule has 28 heavy (non-hydrogen) atoms. The van der Waals surface area contributed by atoms with Gasteiger partial charge in [0.1, 0.15) is 0 Å². The first kappa shape index (κ1) is 16.3. The lowest BCUT2D eigenvalue weighted by molar-refractivity contribution is 0.0697. The Kier molecular flexibility index (Phi) is 3.73. The number of hydrogen-bond acceptors (Lipinski definition) is 1. The topological polar surface area (TPSA) is 42.2 Å². The summed E-state index contributed by atoms with van der Waals surface area (Å²) in [5.74, 6) is -0.912. The van der Waals surface area contributed by atoms with Crippen molar-refractivity contribution >= 4 is 27.8 Å². The fourth-order valence-corrected chi connectivity index (χ4v) is 3.84. The van der Waals surface area contributed by atoms with Crippen LogP contribution in [0, 0.1) is 0 Å². The quantitative estimate of drug-likeness (QED) is 0.418. The zero-order chi connectivity index (χ0) is 19.1. The number of para-hydroxylation sites is 1. The highest BCUT2D eigenvalue weighted by Gasteiger charge is 2.14. The number of carboxylic acid groups (broad SMARTS) is 1. The summed E-state index contributed by atoms with van der Waals surface area (Å²) in [5.41, 5.74) is 5.72. The number of benzene rings is 4. The Balaban J connectivity index is 1.80. The standard InChI is InChI=1S/C25H17NO2/c27-25(28)19-13-14-24-22(16-19)21-11-4-5-12-23(21)26(24)20-10-6-9-18(15-20)17-7-2-1-3-8-17/h1-16H,(H,27,28). The molecule has 0 saturated heterocycles. The van der Waals surface area contributed by atoms with Gasteiger partial charge in [-0.15, -0.1) is 0 Å². The lowest BCUT2D eigenvalue weighted by Gasteiger charge is -2.10. The van der Waals surface area contributed by atoms with Gasteiger partial charge in [-0.3, -0.25) is 0 Å². The molecular weight excluding hydrogens is 346 g/mol. The molecule has 4 aromatic carbocycles. The number of fused-ring (bicyclic) bond motifs is 3. The van der Waals surface area contributed by atoms with Crippen molar-refractivity contribution in [3.63, 3.8) is 0 Å². The third kappa shape index (κ3) is 2.57. The molecule has 0 aliphatic heterocycles. The second-order valence-electron chi connectivity index (χ2n) is 6.81. The number of nitrogens with zero attached hydrogens (tertiary/aromatic N) is 1. The SMILES string of the molecule is O=C(O)c1ccc2c(c1)c1ccccc1n2-c1cccc(-c2ccccc2)c1. The average Bonchev–Trinajstić information content (AvgIpc) is 3.08. The first-order valence-corrected chi connectivity index (χ1v) is 9.15. The van der Waals surface area contributed by atoms with Crippen LogP contribution in [0.3, 0.4) is 0 Å². The maximum atomic E-state index is 11.5. The molecule has 0 amide bonds. The van der Waals surface area contributed by atoms with E-state index in [0.29, 0.717) is 5.56 Å². The molecule has 1 aromatic heterocycles. The van der Waals surface area contributed by atoms with Crippen LogP contribution in [0.4, 0.5) is 0 Å². The van der Waals surface area contributed by atoms with Gasteiger partial charge in [0.25, 0.3) is 0 Å². The minimum atomic E-state index is -0.912. The van der Waals surface area contributed by atoms with Gasteiger partial charge in [-0.1, -0.05) is 60.7 Å². The number of rotatable bonds is 3. The molecule has 0 radical (unpaired) electrons. The Morgan fingerprint density at radius 1 is 0.643 bits per heavy atom. The summed E-state index contributed by atoms with van der Waals surface area (Å²) in [7, 11) is 0. The molecule has 0 atom stereocenters. The molecule has 3 heteroatoms.